The molecule has 1 N–H and O–H groups in total. The minimum absolute atomic E-state index is 0.113. The van der Waals surface area contributed by atoms with Crippen LogP contribution in [0.2, 0.25) is 5.02 Å². The van der Waals surface area contributed by atoms with E-state index in [9.17, 15) is 4.79 Å². The summed E-state index contributed by atoms with van der Waals surface area (Å²) < 4.78 is 0. The number of thioether (sulfide) groups is 1. The van der Waals surface area contributed by atoms with Crippen LogP contribution < -0.4 is 0 Å². The number of aromatic nitrogens is 3. The Morgan fingerprint density at radius 2 is 1.92 bits per heavy atom. The first-order chi connectivity index (χ1) is 12.7. The Kier molecular flexibility index (Phi) is 4.95. The number of amides is 1. The molecule has 0 unspecified atom stereocenters. The van der Waals surface area contributed by atoms with Gasteiger partial charge in [0.2, 0.25) is 11.1 Å². The molecular weight excluding hydrogens is 368 g/mol. The summed E-state index contributed by atoms with van der Waals surface area (Å²) >= 11 is 7.25. The lowest BCUT2D eigenvalue weighted by Gasteiger charge is -2.28. The maximum atomic E-state index is 12.5. The number of carbonyl (C=O) groups excluding carboxylic acids is 1. The van der Waals surface area contributed by atoms with Crippen molar-refractivity contribution in [1.29, 1.82) is 0 Å². The molecule has 1 aliphatic rings. The number of H-pyrrole nitrogens is 1. The van der Waals surface area contributed by atoms with Crippen molar-refractivity contribution in [2.45, 2.75) is 18.1 Å². The standard InChI is InChI=1S/C19H17ClN4OS/c20-16-7-5-14(6-8-16)18-21-19(23-22-18)26-12-17(25)24-10-9-13-3-1-2-4-15(13)11-24/h1-8H,9-12H2,(H,21,22,23). The van der Waals surface area contributed by atoms with Crippen molar-refractivity contribution >= 4 is 29.3 Å². The molecule has 0 saturated carbocycles. The number of fused-ring (bicyclic) bond motifs is 1. The normalized spacial score (nSPS) is 13.5. The Balaban J connectivity index is 1.36. The monoisotopic (exact) mass is 384 g/mol. The van der Waals surface area contributed by atoms with Crippen molar-refractivity contribution in [2.75, 3.05) is 12.3 Å². The second kappa shape index (κ2) is 7.51. The summed E-state index contributed by atoms with van der Waals surface area (Å²) in [6.07, 6.45) is 0.911. The highest BCUT2D eigenvalue weighted by Gasteiger charge is 2.20. The van der Waals surface area contributed by atoms with Crippen LogP contribution in [-0.4, -0.2) is 38.3 Å². The van der Waals surface area contributed by atoms with E-state index in [1.54, 1.807) is 0 Å². The zero-order valence-corrected chi connectivity index (χ0v) is 15.6. The van der Waals surface area contributed by atoms with Crippen molar-refractivity contribution < 1.29 is 4.79 Å². The number of nitrogens with zero attached hydrogens (tertiary/aromatic N) is 3. The van der Waals surface area contributed by atoms with Gasteiger partial charge < -0.3 is 4.90 Å². The number of nitrogens with one attached hydrogen (secondary N) is 1. The molecule has 5 nitrogen and oxygen atoms in total. The Hall–Kier alpha value is -2.31. The molecule has 26 heavy (non-hydrogen) atoms. The molecule has 0 aliphatic carbocycles. The first kappa shape index (κ1) is 17.1. The first-order valence-corrected chi connectivity index (χ1v) is 9.71. The molecule has 0 bridgehead atoms. The minimum Gasteiger partial charge on any atom is -0.337 e. The number of hydrogen-bond donors (Lipinski definition) is 1. The van der Waals surface area contributed by atoms with Gasteiger partial charge in [0, 0.05) is 23.7 Å². The average Bonchev–Trinajstić information content (AvgIpc) is 3.15. The summed E-state index contributed by atoms with van der Waals surface area (Å²) in [6.45, 7) is 1.44. The Morgan fingerprint density at radius 1 is 1.15 bits per heavy atom. The van der Waals surface area contributed by atoms with Crippen LogP contribution in [0.15, 0.2) is 53.7 Å². The van der Waals surface area contributed by atoms with Crippen LogP contribution in [0.25, 0.3) is 11.4 Å². The highest BCUT2D eigenvalue weighted by Crippen LogP contribution is 2.23. The van der Waals surface area contributed by atoms with Crippen LogP contribution in [0, 0.1) is 0 Å². The predicted octanol–water partition coefficient (Wildman–Crippen LogP) is 3.80. The summed E-state index contributed by atoms with van der Waals surface area (Å²) in [6, 6.07) is 15.7. The third-order valence-electron chi connectivity index (χ3n) is 4.39. The molecule has 1 aliphatic heterocycles. The third-order valence-corrected chi connectivity index (χ3v) is 5.47. The first-order valence-electron chi connectivity index (χ1n) is 8.35. The van der Waals surface area contributed by atoms with Gasteiger partial charge in [-0.05, 0) is 41.8 Å². The Bertz CT molecular complexity index is 925. The van der Waals surface area contributed by atoms with Gasteiger partial charge in [-0.3, -0.25) is 9.89 Å². The van der Waals surface area contributed by atoms with Gasteiger partial charge in [-0.1, -0.05) is 47.6 Å². The van der Waals surface area contributed by atoms with Crippen molar-refractivity contribution in [2.24, 2.45) is 0 Å². The summed E-state index contributed by atoms with van der Waals surface area (Å²) in [5.74, 6) is 1.12. The van der Waals surface area contributed by atoms with Crippen LogP contribution in [0.4, 0.5) is 0 Å². The van der Waals surface area contributed by atoms with Gasteiger partial charge in [-0.15, -0.1) is 5.10 Å². The van der Waals surface area contributed by atoms with Crippen molar-refractivity contribution in [3.8, 4) is 11.4 Å². The van der Waals surface area contributed by atoms with E-state index in [2.05, 4.69) is 27.3 Å². The molecule has 0 atom stereocenters. The Labute approximate surface area is 160 Å². The highest BCUT2D eigenvalue weighted by atomic mass is 35.5. The number of rotatable bonds is 4. The van der Waals surface area contributed by atoms with E-state index in [-0.39, 0.29) is 5.91 Å². The zero-order chi connectivity index (χ0) is 17.9. The van der Waals surface area contributed by atoms with E-state index in [1.807, 2.05) is 41.3 Å². The molecule has 4 rings (SSSR count). The fraction of sp³-hybridized carbons (Fsp3) is 0.211. The number of benzene rings is 2. The number of carbonyl (C=O) groups is 1. The van der Waals surface area contributed by atoms with Gasteiger partial charge in [-0.2, -0.15) is 0 Å². The van der Waals surface area contributed by atoms with Gasteiger partial charge in [0.1, 0.15) is 0 Å². The maximum absolute atomic E-state index is 12.5. The predicted molar refractivity (Wildman–Crippen MR) is 103 cm³/mol. The topological polar surface area (TPSA) is 61.9 Å². The summed E-state index contributed by atoms with van der Waals surface area (Å²) in [7, 11) is 0. The molecular formula is C19H17ClN4OS. The van der Waals surface area contributed by atoms with Gasteiger partial charge in [0.15, 0.2) is 5.82 Å². The molecule has 0 radical (unpaired) electrons. The molecule has 1 amide bonds. The molecule has 1 aromatic heterocycles. The molecule has 7 heteroatoms. The van der Waals surface area contributed by atoms with Crippen molar-refractivity contribution in [3.05, 3.63) is 64.7 Å². The van der Waals surface area contributed by atoms with Crippen LogP contribution in [0.1, 0.15) is 11.1 Å². The van der Waals surface area contributed by atoms with Gasteiger partial charge >= 0.3 is 0 Å². The van der Waals surface area contributed by atoms with Crippen molar-refractivity contribution in [3.63, 3.8) is 0 Å². The molecule has 2 heterocycles. The second-order valence-electron chi connectivity index (χ2n) is 6.10. The van der Waals surface area contributed by atoms with Crippen LogP contribution >= 0.6 is 23.4 Å². The van der Waals surface area contributed by atoms with Gasteiger partial charge in [0.05, 0.1) is 5.75 Å². The van der Waals surface area contributed by atoms with E-state index in [0.717, 1.165) is 18.5 Å². The smallest absolute Gasteiger partial charge is 0.233 e. The summed E-state index contributed by atoms with van der Waals surface area (Å²) in [5.41, 5.74) is 3.48. The lowest BCUT2D eigenvalue weighted by atomic mass is 10.00. The third kappa shape index (κ3) is 3.76. The van der Waals surface area contributed by atoms with Gasteiger partial charge in [-0.25, -0.2) is 4.98 Å². The van der Waals surface area contributed by atoms with Crippen LogP contribution in [0.3, 0.4) is 0 Å². The largest absolute Gasteiger partial charge is 0.337 e. The van der Waals surface area contributed by atoms with E-state index < -0.39 is 0 Å². The van der Waals surface area contributed by atoms with E-state index in [1.165, 1.54) is 22.9 Å². The maximum Gasteiger partial charge on any atom is 0.233 e. The summed E-state index contributed by atoms with van der Waals surface area (Å²) in [5, 5.41) is 8.35. The highest BCUT2D eigenvalue weighted by molar-refractivity contribution is 7.99. The minimum atomic E-state index is 0.113. The SMILES string of the molecule is O=C(CSc1n[nH]c(-c2ccc(Cl)cc2)n1)N1CCc2ccccc2C1. The average molecular weight is 385 g/mol. The summed E-state index contributed by atoms with van der Waals surface area (Å²) in [4.78, 5) is 18.9. The second-order valence-corrected chi connectivity index (χ2v) is 7.48. The van der Waals surface area contributed by atoms with Crippen LogP contribution in [0.5, 0.6) is 0 Å². The number of hydrogen-bond acceptors (Lipinski definition) is 4. The lowest BCUT2D eigenvalue weighted by molar-refractivity contribution is -0.129. The molecule has 3 aromatic rings. The lowest BCUT2D eigenvalue weighted by Crippen LogP contribution is -2.37. The molecule has 2 aromatic carbocycles. The zero-order valence-electron chi connectivity index (χ0n) is 14.0. The quantitative estimate of drug-likeness (QED) is 0.695. The molecule has 0 fully saturated rings. The fourth-order valence-corrected chi connectivity index (χ4v) is 3.80. The Morgan fingerprint density at radius 3 is 2.73 bits per heavy atom. The van der Waals surface area contributed by atoms with E-state index in [0.29, 0.717) is 28.3 Å². The number of halogens is 1. The van der Waals surface area contributed by atoms with Crippen molar-refractivity contribution in [1.82, 2.24) is 20.1 Å². The van der Waals surface area contributed by atoms with E-state index >= 15 is 0 Å². The van der Waals surface area contributed by atoms with Crippen LogP contribution in [-0.2, 0) is 17.8 Å². The van der Waals surface area contributed by atoms with E-state index in [4.69, 9.17) is 11.6 Å². The number of aromatic amines is 1. The molecule has 132 valence electrons. The van der Waals surface area contributed by atoms with Gasteiger partial charge in [0.25, 0.3) is 0 Å². The molecule has 0 spiro atoms. The fourth-order valence-electron chi connectivity index (χ4n) is 2.97. The molecule has 0 saturated heterocycles.